The van der Waals surface area contributed by atoms with E-state index in [1.165, 1.54) is 0 Å². The van der Waals surface area contributed by atoms with Gasteiger partial charge in [-0.2, -0.15) is 9.88 Å². The van der Waals surface area contributed by atoms with Crippen molar-refractivity contribution in [3.63, 3.8) is 0 Å². The molecule has 114 valence electrons. The summed E-state index contributed by atoms with van der Waals surface area (Å²) < 4.78 is 13.0. The first-order chi connectivity index (χ1) is 11.3. The average Bonchev–Trinajstić information content (AvgIpc) is 3.17. The monoisotopic (exact) mass is 309 g/mol. The number of nitrogens with zero attached hydrogens (tertiary/aromatic N) is 1. The zero-order chi connectivity index (χ0) is 15.4. The first-order valence-corrected chi connectivity index (χ1v) is 7.37. The molecule has 1 aromatic heterocycles. The van der Waals surface area contributed by atoms with Gasteiger partial charge in [0.05, 0.1) is 0 Å². The molecular weight excluding hydrogens is 294 g/mol. The van der Waals surface area contributed by atoms with Gasteiger partial charge in [0.15, 0.2) is 11.5 Å². The number of guanidine groups is 1. The Kier molecular flexibility index (Phi) is 2.35. The maximum atomic E-state index is 6.02. The molecule has 0 unspecified atom stereocenters. The summed E-state index contributed by atoms with van der Waals surface area (Å²) in [7, 11) is 0. The highest BCUT2D eigenvalue weighted by Gasteiger charge is 2.33. The number of imidazole rings is 1. The number of rotatable bonds is 1. The summed E-state index contributed by atoms with van der Waals surface area (Å²) in [6.07, 6.45) is -0.142. The molecule has 3 heterocycles. The Morgan fingerprint density at radius 2 is 2.00 bits per heavy atom. The summed E-state index contributed by atoms with van der Waals surface area (Å²) >= 11 is 0. The summed E-state index contributed by atoms with van der Waals surface area (Å²) in [6.45, 7) is 0.262. The number of aromatic amines is 1. The predicted octanol–water partition coefficient (Wildman–Crippen LogP) is -0.448. The smallest absolute Gasteiger partial charge is 0.368 e. The molecule has 0 saturated heterocycles. The summed E-state index contributed by atoms with van der Waals surface area (Å²) in [6, 6.07) is 14.0. The fraction of sp³-hybridized carbons (Fsp3) is 0.125. The number of aromatic nitrogens is 2. The molecule has 7 nitrogen and oxygen atoms in total. The molecule has 5 N–H and O–H groups in total. The van der Waals surface area contributed by atoms with E-state index in [9.17, 15) is 0 Å². The summed E-state index contributed by atoms with van der Waals surface area (Å²) in [5.74, 6) is 2.86. The van der Waals surface area contributed by atoms with Crippen molar-refractivity contribution in [2.75, 3.05) is 12.1 Å². The zero-order valence-corrected chi connectivity index (χ0v) is 12.2. The maximum Gasteiger partial charge on any atom is 0.368 e. The van der Waals surface area contributed by atoms with Crippen LogP contribution in [0.3, 0.4) is 0 Å². The third-order valence-electron chi connectivity index (χ3n) is 4.17. The van der Waals surface area contributed by atoms with Gasteiger partial charge in [0, 0.05) is 5.56 Å². The largest absolute Gasteiger partial charge is 0.454 e. The molecule has 0 saturated carbocycles. The van der Waals surface area contributed by atoms with Crippen LogP contribution in [0.5, 0.6) is 11.5 Å². The van der Waals surface area contributed by atoms with Crippen molar-refractivity contribution >= 4 is 22.9 Å². The highest BCUT2D eigenvalue weighted by atomic mass is 16.7. The lowest BCUT2D eigenvalue weighted by Crippen LogP contribution is -2.88. The molecule has 0 aliphatic carbocycles. The molecule has 0 radical (unpaired) electrons. The van der Waals surface area contributed by atoms with Crippen LogP contribution >= 0.6 is 0 Å². The molecule has 23 heavy (non-hydrogen) atoms. The first kappa shape index (κ1) is 12.3. The minimum absolute atomic E-state index is 0.142. The van der Waals surface area contributed by atoms with E-state index >= 15 is 0 Å². The number of ether oxygens (including phenoxy) is 2. The quantitative estimate of drug-likeness (QED) is 0.458. The van der Waals surface area contributed by atoms with Gasteiger partial charge in [0.25, 0.3) is 0 Å². The number of nitrogens with one attached hydrogen (secondary N) is 3. The van der Waals surface area contributed by atoms with Crippen LogP contribution in [0.4, 0.5) is 5.95 Å². The van der Waals surface area contributed by atoms with Crippen molar-refractivity contribution in [1.29, 1.82) is 0 Å². The van der Waals surface area contributed by atoms with Gasteiger partial charge in [-0.1, -0.05) is 12.1 Å². The molecule has 0 bridgehead atoms. The normalized spacial score (nSPS) is 18.4. The lowest BCUT2D eigenvalue weighted by molar-refractivity contribution is -0.840. The highest BCUT2D eigenvalue weighted by molar-refractivity contribution is 5.87. The molecular formula is C16H15N5O2+2. The topological polar surface area (TPSA) is 90.2 Å². The lowest BCUT2D eigenvalue weighted by Gasteiger charge is -2.17. The minimum Gasteiger partial charge on any atom is -0.454 e. The van der Waals surface area contributed by atoms with E-state index in [2.05, 4.69) is 25.9 Å². The fourth-order valence-corrected chi connectivity index (χ4v) is 3.15. The molecule has 3 aromatic rings. The number of benzene rings is 2. The van der Waals surface area contributed by atoms with Crippen LogP contribution in [0.1, 0.15) is 11.7 Å². The molecule has 0 amide bonds. The van der Waals surface area contributed by atoms with E-state index in [1.807, 2.05) is 36.4 Å². The van der Waals surface area contributed by atoms with E-state index in [-0.39, 0.29) is 13.0 Å². The standard InChI is InChI=1S/C16H13N5O2/c17-15-19-14(9-5-6-12-13(7-9)23-8-22-12)21-11-4-2-1-3-10(11)18-16(21)20-15/h1-7,14H,8H2,(H3,17,18,19,20)/p+2/t14-/m1/s1. The first-order valence-electron chi connectivity index (χ1n) is 7.37. The Labute approximate surface area is 131 Å². The summed E-state index contributed by atoms with van der Waals surface area (Å²) in [5.41, 5.74) is 9.17. The second kappa shape index (κ2) is 4.39. The van der Waals surface area contributed by atoms with Crippen LogP contribution in [0, 0.1) is 0 Å². The van der Waals surface area contributed by atoms with Crippen molar-refractivity contribution in [2.24, 2.45) is 5.73 Å². The van der Waals surface area contributed by atoms with Gasteiger partial charge in [0.2, 0.25) is 13.0 Å². The van der Waals surface area contributed by atoms with Crippen LogP contribution in [0.25, 0.3) is 11.0 Å². The number of fused-ring (bicyclic) bond motifs is 4. The minimum atomic E-state index is -0.142. The van der Waals surface area contributed by atoms with Crippen molar-refractivity contribution in [1.82, 2.24) is 4.98 Å². The van der Waals surface area contributed by atoms with E-state index in [4.69, 9.17) is 15.2 Å². The van der Waals surface area contributed by atoms with Gasteiger partial charge >= 0.3 is 11.9 Å². The number of nitrogens with two attached hydrogens (primary N) is 1. The third-order valence-corrected chi connectivity index (χ3v) is 4.17. The van der Waals surface area contributed by atoms with E-state index in [0.29, 0.717) is 5.96 Å². The Morgan fingerprint density at radius 1 is 1.13 bits per heavy atom. The van der Waals surface area contributed by atoms with Gasteiger partial charge in [-0.15, -0.1) is 0 Å². The van der Waals surface area contributed by atoms with Crippen LogP contribution in [-0.4, -0.2) is 17.7 Å². The number of H-pyrrole nitrogens is 1. The van der Waals surface area contributed by atoms with Crippen molar-refractivity contribution < 1.29 is 19.0 Å². The van der Waals surface area contributed by atoms with Crippen molar-refractivity contribution in [3.05, 3.63) is 48.0 Å². The van der Waals surface area contributed by atoms with E-state index < -0.39 is 0 Å². The number of anilines is 1. The molecule has 2 aromatic carbocycles. The molecule has 7 heteroatoms. The Morgan fingerprint density at radius 3 is 2.96 bits per heavy atom. The number of hydrogen-bond donors (Lipinski definition) is 4. The SMILES string of the molecule is NC1=[NH+][C@@H](c2ccc3c(c2)OCO3)[n+]2c([nH]c3ccccc32)N1. The van der Waals surface area contributed by atoms with Gasteiger partial charge in [0.1, 0.15) is 11.0 Å². The predicted molar refractivity (Wildman–Crippen MR) is 83.0 cm³/mol. The zero-order valence-electron chi connectivity index (χ0n) is 12.2. The summed E-state index contributed by atoms with van der Waals surface area (Å²) in [5, 5.41) is 3.14. The molecule has 2 aliphatic heterocycles. The lowest BCUT2D eigenvalue weighted by atomic mass is 10.1. The van der Waals surface area contributed by atoms with Crippen LogP contribution in [-0.2, 0) is 0 Å². The van der Waals surface area contributed by atoms with Crippen LogP contribution in [0.15, 0.2) is 42.5 Å². The average molecular weight is 309 g/mol. The van der Waals surface area contributed by atoms with Gasteiger partial charge in [-0.3, -0.25) is 5.73 Å². The molecule has 0 fully saturated rings. The number of para-hydroxylation sites is 2. The van der Waals surface area contributed by atoms with Crippen molar-refractivity contribution in [2.45, 2.75) is 6.17 Å². The van der Waals surface area contributed by atoms with Crippen LogP contribution in [0.2, 0.25) is 0 Å². The van der Waals surface area contributed by atoms with Gasteiger partial charge in [-0.25, -0.2) is 9.98 Å². The molecule has 5 rings (SSSR count). The summed E-state index contributed by atoms with van der Waals surface area (Å²) in [4.78, 5) is 6.64. The Hall–Kier alpha value is -3.22. The van der Waals surface area contributed by atoms with Crippen molar-refractivity contribution in [3.8, 4) is 11.5 Å². The Balaban J connectivity index is 1.72. The van der Waals surface area contributed by atoms with Gasteiger partial charge in [-0.05, 0) is 30.3 Å². The second-order valence-electron chi connectivity index (χ2n) is 5.56. The Bertz CT molecular complexity index is 962. The number of hydrogen-bond acceptors (Lipinski definition) is 4. The molecule has 2 aliphatic rings. The molecule has 1 atom stereocenters. The molecule has 0 spiro atoms. The van der Waals surface area contributed by atoms with E-state index in [1.54, 1.807) is 0 Å². The second-order valence-corrected chi connectivity index (χ2v) is 5.56. The van der Waals surface area contributed by atoms with E-state index in [0.717, 1.165) is 34.0 Å². The van der Waals surface area contributed by atoms with Gasteiger partial charge < -0.3 is 9.47 Å². The van der Waals surface area contributed by atoms with Crippen LogP contribution < -0.4 is 30.1 Å². The third kappa shape index (κ3) is 1.76. The maximum absolute atomic E-state index is 6.02. The fourth-order valence-electron chi connectivity index (χ4n) is 3.15. The highest BCUT2D eigenvalue weighted by Crippen LogP contribution is 2.33.